The summed E-state index contributed by atoms with van der Waals surface area (Å²) < 4.78 is 0. The fourth-order valence-electron chi connectivity index (χ4n) is 2.06. The van der Waals surface area contributed by atoms with E-state index in [1.807, 2.05) is 18.3 Å². The molecule has 1 aliphatic rings. The van der Waals surface area contributed by atoms with Gasteiger partial charge in [0.1, 0.15) is 0 Å². The summed E-state index contributed by atoms with van der Waals surface area (Å²) in [6.07, 6.45) is 4.26. The maximum atomic E-state index is 6.11. The highest BCUT2D eigenvalue weighted by Crippen LogP contribution is 2.29. The lowest BCUT2D eigenvalue weighted by Crippen LogP contribution is -2.07. The average Bonchev–Trinajstić information content (AvgIpc) is 2.85. The van der Waals surface area contributed by atoms with Crippen LogP contribution in [0.15, 0.2) is 30.5 Å². The standard InChI is InChI=1S/C12H11ClN2/c13-11-3-1-2-9-10(7-15-12(9)11)8-4-5-14-6-8/h1-4,7,14-15H,5-6H2. The Morgan fingerprint density at radius 2 is 2.20 bits per heavy atom. The summed E-state index contributed by atoms with van der Waals surface area (Å²) in [4.78, 5) is 3.23. The van der Waals surface area contributed by atoms with E-state index in [2.05, 4.69) is 22.4 Å². The molecule has 1 aliphatic heterocycles. The number of H-pyrrole nitrogens is 1. The van der Waals surface area contributed by atoms with Crippen LogP contribution in [0.2, 0.25) is 5.02 Å². The maximum absolute atomic E-state index is 6.11. The minimum atomic E-state index is 0.783. The van der Waals surface area contributed by atoms with Crippen LogP contribution in [-0.4, -0.2) is 18.1 Å². The zero-order chi connectivity index (χ0) is 10.3. The van der Waals surface area contributed by atoms with Crippen LogP contribution in [0.4, 0.5) is 0 Å². The van der Waals surface area contributed by atoms with Crippen molar-refractivity contribution in [3.05, 3.63) is 41.1 Å². The lowest BCUT2D eigenvalue weighted by atomic mass is 10.1. The molecule has 0 bridgehead atoms. The molecule has 0 fully saturated rings. The third kappa shape index (κ3) is 1.37. The van der Waals surface area contributed by atoms with Crippen molar-refractivity contribution in [2.75, 3.05) is 13.1 Å². The van der Waals surface area contributed by atoms with Crippen molar-refractivity contribution >= 4 is 28.1 Å². The van der Waals surface area contributed by atoms with Crippen molar-refractivity contribution in [3.8, 4) is 0 Å². The zero-order valence-corrected chi connectivity index (χ0v) is 8.93. The van der Waals surface area contributed by atoms with Gasteiger partial charge in [-0.15, -0.1) is 0 Å². The maximum Gasteiger partial charge on any atom is 0.0649 e. The van der Waals surface area contributed by atoms with Crippen LogP contribution in [0.3, 0.4) is 0 Å². The fraction of sp³-hybridized carbons (Fsp3) is 0.167. The van der Waals surface area contributed by atoms with E-state index < -0.39 is 0 Å². The first-order valence-electron chi connectivity index (χ1n) is 5.02. The van der Waals surface area contributed by atoms with E-state index in [1.54, 1.807) is 0 Å². The van der Waals surface area contributed by atoms with E-state index in [-0.39, 0.29) is 0 Å². The Hall–Kier alpha value is -1.25. The van der Waals surface area contributed by atoms with Gasteiger partial charge in [0.2, 0.25) is 0 Å². The lowest BCUT2D eigenvalue weighted by molar-refractivity contribution is 0.897. The normalized spacial score (nSPS) is 15.9. The summed E-state index contributed by atoms with van der Waals surface area (Å²) in [5.74, 6) is 0. The Labute approximate surface area is 92.9 Å². The van der Waals surface area contributed by atoms with Crippen molar-refractivity contribution in [1.82, 2.24) is 10.3 Å². The molecule has 15 heavy (non-hydrogen) atoms. The molecule has 2 aromatic rings. The minimum Gasteiger partial charge on any atom is -0.359 e. The van der Waals surface area contributed by atoms with E-state index in [0.717, 1.165) is 23.6 Å². The molecule has 0 atom stereocenters. The molecule has 3 rings (SSSR count). The monoisotopic (exact) mass is 218 g/mol. The molecule has 1 aromatic heterocycles. The lowest BCUT2D eigenvalue weighted by Gasteiger charge is -1.99. The molecule has 1 aromatic carbocycles. The number of para-hydroxylation sites is 1. The summed E-state index contributed by atoms with van der Waals surface area (Å²) in [6.45, 7) is 1.90. The van der Waals surface area contributed by atoms with E-state index in [1.165, 1.54) is 16.5 Å². The second-order valence-corrected chi connectivity index (χ2v) is 4.13. The van der Waals surface area contributed by atoms with Gasteiger partial charge in [0.15, 0.2) is 0 Å². The van der Waals surface area contributed by atoms with Crippen molar-refractivity contribution in [2.45, 2.75) is 0 Å². The average molecular weight is 219 g/mol. The van der Waals surface area contributed by atoms with Gasteiger partial charge in [0.05, 0.1) is 10.5 Å². The van der Waals surface area contributed by atoms with Gasteiger partial charge in [0, 0.05) is 30.2 Å². The van der Waals surface area contributed by atoms with Crippen LogP contribution >= 0.6 is 11.6 Å². The number of aromatic amines is 1. The zero-order valence-electron chi connectivity index (χ0n) is 8.18. The number of rotatable bonds is 1. The second kappa shape index (κ2) is 3.40. The molecule has 2 N–H and O–H groups in total. The highest BCUT2D eigenvalue weighted by Gasteiger charge is 2.12. The van der Waals surface area contributed by atoms with Gasteiger partial charge in [-0.05, 0) is 11.6 Å². The van der Waals surface area contributed by atoms with Crippen molar-refractivity contribution < 1.29 is 0 Å². The summed E-state index contributed by atoms with van der Waals surface area (Å²) in [7, 11) is 0. The number of benzene rings is 1. The fourth-order valence-corrected chi connectivity index (χ4v) is 2.29. The largest absolute Gasteiger partial charge is 0.359 e. The summed E-state index contributed by atoms with van der Waals surface area (Å²) >= 11 is 6.11. The van der Waals surface area contributed by atoms with Crippen LogP contribution in [0.5, 0.6) is 0 Å². The molecule has 2 nitrogen and oxygen atoms in total. The molecule has 0 amide bonds. The summed E-state index contributed by atoms with van der Waals surface area (Å²) in [5.41, 5.74) is 3.64. The topological polar surface area (TPSA) is 27.8 Å². The Morgan fingerprint density at radius 3 is 3.00 bits per heavy atom. The van der Waals surface area contributed by atoms with Gasteiger partial charge in [-0.2, -0.15) is 0 Å². The number of nitrogens with one attached hydrogen (secondary N) is 2. The predicted octanol–water partition coefficient (Wildman–Crippen LogP) is 2.81. The van der Waals surface area contributed by atoms with Gasteiger partial charge >= 0.3 is 0 Å². The van der Waals surface area contributed by atoms with Gasteiger partial charge in [-0.25, -0.2) is 0 Å². The molecule has 0 radical (unpaired) electrons. The number of fused-ring (bicyclic) bond motifs is 1. The number of hydrogen-bond acceptors (Lipinski definition) is 1. The minimum absolute atomic E-state index is 0.783. The number of halogens is 1. The Balaban J connectivity index is 2.24. The molecular weight excluding hydrogens is 208 g/mol. The van der Waals surface area contributed by atoms with Gasteiger partial charge < -0.3 is 10.3 Å². The number of aromatic nitrogens is 1. The third-order valence-electron chi connectivity index (χ3n) is 2.82. The Kier molecular flexibility index (Phi) is 2.04. The molecule has 0 spiro atoms. The first-order chi connectivity index (χ1) is 7.36. The van der Waals surface area contributed by atoms with Crippen LogP contribution in [0.25, 0.3) is 16.5 Å². The Bertz CT molecular complexity index is 540. The van der Waals surface area contributed by atoms with E-state index in [4.69, 9.17) is 11.6 Å². The second-order valence-electron chi connectivity index (χ2n) is 3.73. The van der Waals surface area contributed by atoms with Crippen LogP contribution in [0.1, 0.15) is 5.56 Å². The van der Waals surface area contributed by atoms with Gasteiger partial charge in [0.25, 0.3) is 0 Å². The molecule has 76 valence electrons. The van der Waals surface area contributed by atoms with E-state index in [0.29, 0.717) is 0 Å². The van der Waals surface area contributed by atoms with Crippen LogP contribution in [-0.2, 0) is 0 Å². The highest BCUT2D eigenvalue weighted by molar-refractivity contribution is 6.35. The third-order valence-corrected chi connectivity index (χ3v) is 3.13. The number of hydrogen-bond donors (Lipinski definition) is 2. The van der Waals surface area contributed by atoms with Crippen molar-refractivity contribution in [1.29, 1.82) is 0 Å². The van der Waals surface area contributed by atoms with Crippen molar-refractivity contribution in [2.24, 2.45) is 0 Å². The summed E-state index contributed by atoms with van der Waals surface area (Å²) in [6, 6.07) is 6.00. The summed E-state index contributed by atoms with van der Waals surface area (Å²) in [5, 5.41) is 5.29. The van der Waals surface area contributed by atoms with E-state index >= 15 is 0 Å². The van der Waals surface area contributed by atoms with Crippen LogP contribution in [0, 0.1) is 0 Å². The van der Waals surface area contributed by atoms with E-state index in [9.17, 15) is 0 Å². The molecule has 0 saturated heterocycles. The van der Waals surface area contributed by atoms with Crippen molar-refractivity contribution in [3.63, 3.8) is 0 Å². The SMILES string of the molecule is Clc1cccc2c(C3=CCNC3)c[nH]c12. The molecule has 2 heterocycles. The molecule has 0 saturated carbocycles. The molecule has 0 unspecified atom stereocenters. The first kappa shape index (κ1) is 9.01. The first-order valence-corrected chi connectivity index (χ1v) is 5.40. The molecular formula is C12H11ClN2. The quantitative estimate of drug-likeness (QED) is 0.757. The Morgan fingerprint density at radius 1 is 1.27 bits per heavy atom. The predicted molar refractivity (Wildman–Crippen MR) is 64.2 cm³/mol. The molecule has 0 aliphatic carbocycles. The van der Waals surface area contributed by atoms with Gasteiger partial charge in [-0.3, -0.25) is 0 Å². The van der Waals surface area contributed by atoms with Crippen LogP contribution < -0.4 is 5.32 Å². The van der Waals surface area contributed by atoms with Gasteiger partial charge in [-0.1, -0.05) is 29.8 Å². The smallest absolute Gasteiger partial charge is 0.0649 e. The molecule has 3 heteroatoms. The highest BCUT2D eigenvalue weighted by atomic mass is 35.5.